The van der Waals surface area contributed by atoms with Gasteiger partial charge in [0, 0.05) is 19.5 Å². The van der Waals surface area contributed by atoms with Crippen LogP contribution in [0.5, 0.6) is 0 Å². The molecular weight excluding hydrogens is 508 g/mol. The third-order valence-corrected chi connectivity index (χ3v) is 9.50. The van der Waals surface area contributed by atoms with Gasteiger partial charge in [0.2, 0.25) is 5.91 Å². The molecule has 0 atom stereocenters. The van der Waals surface area contributed by atoms with Crippen LogP contribution in [-0.2, 0) is 33.4 Å². The Bertz CT molecular complexity index is 1180. The van der Waals surface area contributed by atoms with E-state index in [0.29, 0.717) is 24.5 Å². The van der Waals surface area contributed by atoms with Gasteiger partial charge in [0.25, 0.3) is 0 Å². The molecule has 11 heteroatoms. The summed E-state index contributed by atoms with van der Waals surface area (Å²) >= 11 is 0. The van der Waals surface area contributed by atoms with Crippen molar-refractivity contribution in [2.24, 2.45) is 5.92 Å². The Morgan fingerprint density at radius 2 is 1.44 bits per heavy atom. The molecule has 0 bridgehead atoms. The summed E-state index contributed by atoms with van der Waals surface area (Å²) < 4.78 is 102. The van der Waals surface area contributed by atoms with Crippen molar-refractivity contribution in [1.82, 2.24) is 4.90 Å². The predicted octanol–water partition coefficient (Wildman–Crippen LogP) is 6.15. The number of nitrogens with zero attached hydrogens (tertiary/aromatic N) is 1. The number of sulfone groups is 1. The van der Waals surface area contributed by atoms with E-state index in [4.69, 9.17) is 0 Å². The van der Waals surface area contributed by atoms with Crippen molar-refractivity contribution in [2.45, 2.75) is 61.5 Å². The molecule has 1 aliphatic rings. The Kier molecular flexibility index (Phi) is 7.83. The average Bonchev–Trinajstić information content (AvgIpc) is 2.81. The number of likely N-dealkylation sites (tertiary alicyclic amines) is 1. The van der Waals surface area contributed by atoms with Crippen LogP contribution in [-0.4, -0.2) is 37.1 Å². The van der Waals surface area contributed by atoms with Crippen molar-refractivity contribution in [3.05, 3.63) is 65.2 Å². The highest BCUT2D eigenvalue weighted by atomic mass is 32.2. The summed E-state index contributed by atoms with van der Waals surface area (Å²) in [4.78, 5) is 13.8. The van der Waals surface area contributed by atoms with E-state index in [9.17, 15) is 39.6 Å². The summed E-state index contributed by atoms with van der Waals surface area (Å²) in [5.74, 6) is -0.567. The van der Waals surface area contributed by atoms with E-state index in [-0.39, 0.29) is 37.8 Å². The van der Waals surface area contributed by atoms with Gasteiger partial charge >= 0.3 is 12.4 Å². The highest BCUT2D eigenvalue weighted by Crippen LogP contribution is 2.39. The average molecular weight is 536 g/mol. The molecule has 198 valence electrons. The largest absolute Gasteiger partial charge is 0.416 e. The first-order valence-corrected chi connectivity index (χ1v) is 12.9. The second-order valence-electron chi connectivity index (χ2n) is 9.48. The normalized spacial score (nSPS) is 16.3. The highest BCUT2D eigenvalue weighted by molar-refractivity contribution is 7.92. The van der Waals surface area contributed by atoms with Crippen molar-refractivity contribution < 1.29 is 39.6 Å². The predicted molar refractivity (Wildman–Crippen MR) is 122 cm³/mol. The van der Waals surface area contributed by atoms with Crippen molar-refractivity contribution >= 4 is 15.7 Å². The van der Waals surface area contributed by atoms with Crippen LogP contribution in [0.2, 0.25) is 0 Å². The molecule has 1 amide bonds. The number of halogens is 6. The Balaban J connectivity index is 1.61. The molecule has 0 aromatic heterocycles. The molecule has 2 aromatic carbocycles. The van der Waals surface area contributed by atoms with Crippen LogP contribution < -0.4 is 0 Å². The summed E-state index contributed by atoms with van der Waals surface area (Å²) in [5, 5.41) is 0. The molecule has 1 heterocycles. The van der Waals surface area contributed by atoms with Crippen LogP contribution in [0, 0.1) is 5.92 Å². The van der Waals surface area contributed by atoms with Crippen LogP contribution in [0.25, 0.3) is 0 Å². The quantitative estimate of drug-likeness (QED) is 0.417. The van der Waals surface area contributed by atoms with Crippen LogP contribution in [0.3, 0.4) is 0 Å². The molecule has 0 spiro atoms. The Hall–Kier alpha value is -2.56. The molecule has 1 saturated heterocycles. The molecular formula is C25H27F6NO3S. The van der Waals surface area contributed by atoms with Gasteiger partial charge in [0.05, 0.1) is 20.8 Å². The zero-order valence-electron chi connectivity index (χ0n) is 19.8. The van der Waals surface area contributed by atoms with Crippen LogP contribution in [0.1, 0.15) is 49.8 Å². The van der Waals surface area contributed by atoms with Gasteiger partial charge in [-0.25, -0.2) is 8.42 Å². The van der Waals surface area contributed by atoms with E-state index < -0.39 is 43.0 Å². The van der Waals surface area contributed by atoms with Crippen molar-refractivity contribution in [2.75, 3.05) is 13.1 Å². The van der Waals surface area contributed by atoms with E-state index in [2.05, 4.69) is 0 Å². The lowest BCUT2D eigenvalue weighted by Crippen LogP contribution is -2.47. The first-order chi connectivity index (χ1) is 16.5. The molecule has 0 unspecified atom stereocenters. The Morgan fingerprint density at radius 1 is 0.889 bits per heavy atom. The van der Waals surface area contributed by atoms with Crippen LogP contribution in [0.4, 0.5) is 26.3 Å². The number of alkyl halides is 6. The number of carbonyl (C=O) groups excluding carboxylic acids is 1. The van der Waals surface area contributed by atoms with E-state index in [0.717, 1.165) is 30.3 Å². The molecule has 4 nitrogen and oxygen atoms in total. The van der Waals surface area contributed by atoms with Gasteiger partial charge in [0.15, 0.2) is 9.84 Å². The second-order valence-corrected chi connectivity index (χ2v) is 12.0. The van der Waals surface area contributed by atoms with Gasteiger partial charge in [-0.2, -0.15) is 26.3 Å². The highest BCUT2D eigenvalue weighted by Gasteiger charge is 2.45. The summed E-state index contributed by atoms with van der Waals surface area (Å²) in [7, 11) is -4.10. The number of benzene rings is 2. The minimum absolute atomic E-state index is 0.0992. The fourth-order valence-electron chi connectivity index (χ4n) is 4.46. The van der Waals surface area contributed by atoms with Crippen LogP contribution in [0.15, 0.2) is 53.4 Å². The van der Waals surface area contributed by atoms with Gasteiger partial charge in [-0.05, 0) is 74.9 Å². The third-order valence-electron chi connectivity index (χ3n) is 6.90. The van der Waals surface area contributed by atoms with E-state index in [1.165, 1.54) is 26.0 Å². The Morgan fingerprint density at radius 3 is 1.97 bits per heavy atom. The SMILES string of the molecule is CC(C)(C1CCN(C(=O)CCc2ccc(C(F)(F)F)cc2)CC1)S(=O)(=O)c1cccc(C(F)(F)F)c1. The molecule has 0 N–H and O–H groups in total. The number of hydrogen-bond donors (Lipinski definition) is 0. The standard InChI is InChI=1S/C25H27F6NO3S/c1-23(2,36(34,35)21-5-3-4-20(16-21)25(29,30)31)18-12-14-32(15-13-18)22(33)11-8-17-6-9-19(10-7-17)24(26,27)28/h3-7,9-10,16,18H,8,11-15H2,1-2H3. The first kappa shape index (κ1) is 28.0. The minimum Gasteiger partial charge on any atom is -0.343 e. The lowest BCUT2D eigenvalue weighted by atomic mass is 9.85. The summed E-state index contributed by atoms with van der Waals surface area (Å²) in [6, 6.07) is 8.32. The molecule has 1 fully saturated rings. The van der Waals surface area contributed by atoms with Crippen molar-refractivity contribution in [1.29, 1.82) is 0 Å². The molecule has 2 aromatic rings. The van der Waals surface area contributed by atoms with E-state index in [1.807, 2.05) is 0 Å². The van der Waals surface area contributed by atoms with E-state index >= 15 is 0 Å². The number of hydrogen-bond acceptors (Lipinski definition) is 3. The topological polar surface area (TPSA) is 54.5 Å². The van der Waals surface area contributed by atoms with E-state index in [1.54, 1.807) is 4.90 Å². The number of aryl methyl sites for hydroxylation is 1. The summed E-state index contributed by atoms with van der Waals surface area (Å²) in [6.45, 7) is 3.57. The second kappa shape index (κ2) is 10.1. The molecule has 36 heavy (non-hydrogen) atoms. The summed E-state index contributed by atoms with van der Waals surface area (Å²) in [5.41, 5.74) is -1.20. The van der Waals surface area contributed by atoms with Crippen molar-refractivity contribution in [3.8, 4) is 0 Å². The van der Waals surface area contributed by atoms with Crippen molar-refractivity contribution in [3.63, 3.8) is 0 Å². The lowest BCUT2D eigenvalue weighted by Gasteiger charge is -2.40. The third kappa shape index (κ3) is 6.04. The van der Waals surface area contributed by atoms with Gasteiger partial charge in [0.1, 0.15) is 0 Å². The van der Waals surface area contributed by atoms with Gasteiger partial charge < -0.3 is 4.90 Å². The molecule has 0 radical (unpaired) electrons. The first-order valence-electron chi connectivity index (χ1n) is 11.4. The summed E-state index contributed by atoms with van der Waals surface area (Å²) in [6.07, 6.45) is -8.01. The molecule has 1 aliphatic heterocycles. The Labute approximate surface area is 206 Å². The number of carbonyl (C=O) groups is 1. The maximum Gasteiger partial charge on any atom is 0.416 e. The molecule has 3 rings (SSSR count). The number of rotatable bonds is 6. The lowest BCUT2D eigenvalue weighted by molar-refractivity contribution is -0.138. The maximum absolute atomic E-state index is 13.3. The fraction of sp³-hybridized carbons (Fsp3) is 0.480. The molecule has 0 saturated carbocycles. The number of piperidine rings is 1. The zero-order chi connectivity index (χ0) is 26.9. The minimum atomic E-state index is -4.66. The van der Waals surface area contributed by atoms with Crippen LogP contribution >= 0.6 is 0 Å². The zero-order valence-corrected chi connectivity index (χ0v) is 20.6. The number of amides is 1. The molecule has 0 aliphatic carbocycles. The smallest absolute Gasteiger partial charge is 0.343 e. The fourth-order valence-corrected chi connectivity index (χ4v) is 6.28. The van der Waals surface area contributed by atoms with Gasteiger partial charge in [-0.3, -0.25) is 4.79 Å². The van der Waals surface area contributed by atoms with Gasteiger partial charge in [-0.1, -0.05) is 18.2 Å². The monoisotopic (exact) mass is 535 g/mol. The van der Waals surface area contributed by atoms with Gasteiger partial charge in [-0.15, -0.1) is 0 Å². The maximum atomic E-state index is 13.3.